The van der Waals surface area contributed by atoms with E-state index in [9.17, 15) is 9.18 Å². The van der Waals surface area contributed by atoms with E-state index in [2.05, 4.69) is 19.8 Å². The second-order valence-corrected chi connectivity index (χ2v) is 11.6. The van der Waals surface area contributed by atoms with Gasteiger partial charge in [-0.2, -0.15) is 0 Å². The Labute approximate surface area is 228 Å². The molecule has 3 aliphatic heterocycles. The maximum absolute atomic E-state index is 14.3. The van der Waals surface area contributed by atoms with E-state index in [-0.39, 0.29) is 24.0 Å². The summed E-state index contributed by atoms with van der Waals surface area (Å²) in [5.41, 5.74) is 1.83. The van der Waals surface area contributed by atoms with Crippen LogP contribution in [0.3, 0.4) is 0 Å². The van der Waals surface area contributed by atoms with Gasteiger partial charge in [-0.1, -0.05) is 25.2 Å². The van der Waals surface area contributed by atoms with Gasteiger partial charge in [0.05, 0.1) is 24.5 Å². The van der Waals surface area contributed by atoms with E-state index in [1.54, 1.807) is 12.2 Å². The lowest BCUT2D eigenvalue weighted by Crippen LogP contribution is -2.51. The van der Waals surface area contributed by atoms with Gasteiger partial charge in [0.2, 0.25) is 0 Å². The zero-order valence-corrected chi connectivity index (χ0v) is 22.5. The summed E-state index contributed by atoms with van der Waals surface area (Å²) in [4.78, 5) is 30.8. The normalized spacial score (nSPS) is 32.8. The number of likely N-dealkylation sites (tertiary alicyclic amines) is 1. The smallest absolute Gasteiger partial charge is 0.317 e. The van der Waals surface area contributed by atoms with Crippen LogP contribution < -0.4 is 0 Å². The molecule has 0 spiro atoms. The fourth-order valence-electron chi connectivity index (χ4n) is 7.12. The van der Waals surface area contributed by atoms with Gasteiger partial charge in [-0.05, 0) is 49.8 Å². The van der Waals surface area contributed by atoms with E-state index < -0.39 is 12.1 Å². The molecule has 1 aromatic rings. The fourth-order valence-corrected chi connectivity index (χ4v) is 7.12. The molecule has 3 N–H and O–H groups in total. The van der Waals surface area contributed by atoms with Crippen molar-refractivity contribution in [3.05, 3.63) is 47.6 Å². The van der Waals surface area contributed by atoms with Crippen molar-refractivity contribution in [2.24, 2.45) is 16.8 Å². The molecule has 10 heteroatoms. The van der Waals surface area contributed by atoms with Gasteiger partial charge < -0.3 is 19.9 Å². The van der Waals surface area contributed by atoms with Crippen LogP contribution >= 0.6 is 0 Å². The average molecular weight is 536 g/mol. The number of allylic oxidation sites excluding steroid dienone is 3. The maximum atomic E-state index is 14.3. The first-order valence-electron chi connectivity index (χ1n) is 14.2. The second-order valence-electron chi connectivity index (χ2n) is 11.6. The first kappa shape index (κ1) is 26.0. The summed E-state index contributed by atoms with van der Waals surface area (Å²) >= 11 is 0. The highest BCUT2D eigenvalue weighted by atomic mass is 19.1. The number of carbonyl (C=O) groups is 1. The number of rotatable bonds is 6. The molecule has 0 amide bonds. The Hall–Kier alpha value is -3.27. The van der Waals surface area contributed by atoms with Crippen LogP contribution in [0.4, 0.5) is 4.39 Å². The number of nitrogens with one attached hydrogen (secondary N) is 2. The lowest BCUT2D eigenvalue weighted by atomic mass is 9.86. The number of aromatic amines is 1. The Morgan fingerprint density at radius 3 is 2.90 bits per heavy atom. The molecule has 5 aliphatic rings. The number of hydrogen-bond donors (Lipinski definition) is 3. The number of aromatic nitrogens is 2. The molecular formula is C29H38FN7O2. The summed E-state index contributed by atoms with van der Waals surface area (Å²) in [6.07, 6.45) is 15.0. The molecule has 1 saturated carbocycles. The van der Waals surface area contributed by atoms with Crippen molar-refractivity contribution in [2.45, 2.75) is 56.8 Å². The van der Waals surface area contributed by atoms with Gasteiger partial charge in [-0.3, -0.25) is 20.1 Å². The first-order valence-corrected chi connectivity index (χ1v) is 14.2. The summed E-state index contributed by atoms with van der Waals surface area (Å²) < 4.78 is 14.3. The van der Waals surface area contributed by atoms with E-state index >= 15 is 0 Å². The highest BCUT2D eigenvalue weighted by Crippen LogP contribution is 2.51. The van der Waals surface area contributed by atoms with Crippen LogP contribution in [0.2, 0.25) is 0 Å². The van der Waals surface area contributed by atoms with Crippen LogP contribution in [0.25, 0.3) is 6.08 Å². The molecule has 39 heavy (non-hydrogen) atoms. The van der Waals surface area contributed by atoms with E-state index in [0.29, 0.717) is 17.6 Å². The van der Waals surface area contributed by atoms with Crippen molar-refractivity contribution >= 4 is 23.7 Å². The zero-order valence-electron chi connectivity index (χ0n) is 22.5. The number of carboxylic acid groups (broad SMARTS) is 1. The number of hydrogen-bond acceptors (Lipinski definition) is 6. The topological polar surface area (TPSA) is 112 Å². The standard InChI is InChI=1S/C29H38FN7O2/c1-19-21(4-2-5-22(19)30)23-6-3-11-37(23)25(31)7-8-26-32-17-24(33-26)29-10-9-20(16-29)28(34-29)36-14-12-35(13-15-36)18-27(38)39/h2,4-5,7-8,17,19-20,22-23,31H,3,6,9-16,18H2,1H3,(H,32,33)(H,38,39)/b8-7-,31-25?/t19?,20?,22?,23-,29?/m0/s1. The predicted octanol–water partition coefficient (Wildman–Crippen LogP) is 3.44. The fraction of sp³-hybridized carbons (Fsp3) is 0.586. The Morgan fingerprint density at radius 1 is 1.28 bits per heavy atom. The molecule has 3 fully saturated rings. The molecule has 208 valence electrons. The number of halogens is 1. The highest BCUT2D eigenvalue weighted by molar-refractivity contribution is 5.94. The molecule has 0 radical (unpaired) electrons. The number of imidazole rings is 1. The van der Waals surface area contributed by atoms with Gasteiger partial charge in [-0.15, -0.1) is 0 Å². The summed E-state index contributed by atoms with van der Waals surface area (Å²) in [6, 6.07) is 0.0686. The number of aliphatic imine (C=N–C) groups is 1. The molecule has 0 aromatic carbocycles. The van der Waals surface area contributed by atoms with Crippen molar-refractivity contribution in [3.63, 3.8) is 0 Å². The van der Waals surface area contributed by atoms with Gasteiger partial charge in [-0.25, -0.2) is 9.37 Å². The Kier molecular flexibility index (Phi) is 6.91. The minimum atomic E-state index is -0.964. The van der Waals surface area contributed by atoms with Crippen molar-refractivity contribution < 1.29 is 14.3 Å². The second kappa shape index (κ2) is 10.4. The van der Waals surface area contributed by atoms with E-state index in [1.165, 1.54) is 5.84 Å². The molecule has 4 unspecified atom stereocenters. The molecular weight excluding hydrogens is 497 g/mol. The van der Waals surface area contributed by atoms with Gasteiger partial charge in [0, 0.05) is 44.6 Å². The molecule has 5 atom stereocenters. The van der Waals surface area contributed by atoms with Crippen LogP contribution in [0.5, 0.6) is 0 Å². The molecule has 2 bridgehead atoms. The lowest BCUT2D eigenvalue weighted by molar-refractivity contribution is -0.138. The summed E-state index contributed by atoms with van der Waals surface area (Å²) in [6.45, 7) is 5.95. The number of carboxylic acids is 1. The molecule has 4 heterocycles. The van der Waals surface area contributed by atoms with E-state index in [4.69, 9.17) is 15.5 Å². The monoisotopic (exact) mass is 535 g/mol. The van der Waals surface area contributed by atoms with Crippen LogP contribution in [-0.2, 0) is 10.3 Å². The molecule has 6 rings (SSSR count). The van der Waals surface area contributed by atoms with Crippen LogP contribution in [0.15, 0.2) is 41.1 Å². The summed E-state index contributed by atoms with van der Waals surface area (Å²) in [5, 5.41) is 17.8. The van der Waals surface area contributed by atoms with Gasteiger partial charge in [0.25, 0.3) is 0 Å². The van der Waals surface area contributed by atoms with Crippen molar-refractivity contribution in [2.75, 3.05) is 39.3 Å². The van der Waals surface area contributed by atoms with Gasteiger partial charge >= 0.3 is 5.97 Å². The Balaban J connectivity index is 1.11. The average Bonchev–Trinajstić information content (AvgIpc) is 3.73. The largest absolute Gasteiger partial charge is 0.480 e. The number of fused-ring (bicyclic) bond motifs is 2. The number of aliphatic carboxylic acids is 1. The number of alkyl halides is 1. The van der Waals surface area contributed by atoms with Crippen molar-refractivity contribution in [1.29, 1.82) is 5.41 Å². The number of amidine groups is 2. The van der Waals surface area contributed by atoms with Crippen molar-refractivity contribution in [3.8, 4) is 0 Å². The summed E-state index contributed by atoms with van der Waals surface area (Å²) in [5.74, 6) is 1.81. The third-order valence-corrected chi connectivity index (χ3v) is 9.27. The third-order valence-electron chi connectivity index (χ3n) is 9.27. The van der Waals surface area contributed by atoms with Gasteiger partial charge in [0.15, 0.2) is 0 Å². The number of piperazine rings is 1. The number of H-pyrrole nitrogens is 1. The van der Waals surface area contributed by atoms with Crippen LogP contribution in [0.1, 0.15) is 50.5 Å². The predicted molar refractivity (Wildman–Crippen MR) is 148 cm³/mol. The minimum Gasteiger partial charge on any atom is -0.480 e. The minimum absolute atomic E-state index is 0.0686. The van der Waals surface area contributed by atoms with Crippen LogP contribution in [-0.4, -0.2) is 98.9 Å². The highest BCUT2D eigenvalue weighted by Gasteiger charge is 2.50. The molecule has 2 saturated heterocycles. The van der Waals surface area contributed by atoms with Gasteiger partial charge in [0.1, 0.15) is 29.2 Å². The Bertz CT molecular complexity index is 1240. The zero-order chi connectivity index (χ0) is 27.1. The van der Waals surface area contributed by atoms with Crippen LogP contribution in [0, 0.1) is 17.2 Å². The SMILES string of the molecule is CC1C([C@@H]2CCCN2C(=N)/C=C\c2ncc(C34CCC(C3)C(N3CCN(CC(=O)O)CC3)=N4)[nH]2)=CC=CC1F. The number of nitrogens with zero attached hydrogens (tertiary/aromatic N) is 5. The quantitative estimate of drug-likeness (QED) is 0.380. The molecule has 2 aliphatic carbocycles. The summed E-state index contributed by atoms with van der Waals surface area (Å²) in [7, 11) is 0. The molecule has 9 nitrogen and oxygen atoms in total. The maximum Gasteiger partial charge on any atom is 0.317 e. The first-order chi connectivity index (χ1) is 18.8. The van der Waals surface area contributed by atoms with E-state index in [1.807, 2.05) is 36.2 Å². The third kappa shape index (κ3) is 4.95. The lowest BCUT2D eigenvalue weighted by Gasteiger charge is -2.37. The van der Waals surface area contributed by atoms with Crippen molar-refractivity contribution in [1.82, 2.24) is 24.7 Å². The van der Waals surface area contributed by atoms with E-state index in [0.717, 1.165) is 76.1 Å². The Morgan fingerprint density at radius 2 is 2.10 bits per heavy atom. The molecule has 1 aromatic heterocycles.